The molecule has 0 aliphatic carbocycles. The predicted octanol–water partition coefficient (Wildman–Crippen LogP) is -14.2. The normalized spacial score (nSPS) is 45.2. The second-order valence-corrected chi connectivity index (χ2v) is 18.1. The van der Waals surface area contributed by atoms with Crippen LogP contribution >= 0.6 is 0 Å². The van der Waals surface area contributed by atoms with Gasteiger partial charge >= 0.3 is 0 Å². The number of carbonyl (C=O) groups excluding carboxylic acids is 2. The minimum atomic E-state index is -2.31. The summed E-state index contributed by atoms with van der Waals surface area (Å²) >= 11 is 0. The zero-order valence-electron chi connectivity index (χ0n) is 39.1. The number of hydrogen-bond acceptors (Lipinski definition) is 31. The lowest BCUT2D eigenvalue weighted by molar-refractivity contribution is -0.384. The van der Waals surface area contributed by atoms with Crippen LogP contribution in [-0.2, 0) is 57.0 Å². The van der Waals surface area contributed by atoms with Gasteiger partial charge in [0.1, 0.15) is 140 Å². The molecule has 5 fully saturated rings. The largest absolute Gasteiger partial charge is 0.394 e. The molecule has 0 aromatic carbocycles. The van der Waals surface area contributed by atoms with E-state index in [4.69, 9.17) is 47.4 Å². The first kappa shape index (κ1) is 61.6. The van der Waals surface area contributed by atoms with Gasteiger partial charge in [-0.15, -0.1) is 0 Å². The third kappa shape index (κ3) is 14.3. The number of nitrogens with one attached hydrogen (secondary N) is 2. The Labute approximate surface area is 414 Å². The topological polar surface area (TPSA) is 535 Å². The highest BCUT2D eigenvalue weighted by atomic mass is 16.8. The molecule has 426 valence electrons. The Morgan fingerprint density at radius 2 is 0.890 bits per heavy atom. The van der Waals surface area contributed by atoms with E-state index in [1.165, 1.54) is 0 Å². The molecule has 5 rings (SSSR count). The summed E-state index contributed by atoms with van der Waals surface area (Å²) in [5.74, 6) is -1.62. The van der Waals surface area contributed by atoms with E-state index in [2.05, 4.69) is 10.6 Å². The van der Waals surface area contributed by atoms with Crippen molar-refractivity contribution in [2.24, 2.45) is 0 Å². The minimum absolute atomic E-state index is 0.742. The quantitative estimate of drug-likeness (QED) is 0.0479. The van der Waals surface area contributed by atoms with Crippen molar-refractivity contribution in [2.75, 3.05) is 46.2 Å². The van der Waals surface area contributed by atoms with Crippen LogP contribution in [0.3, 0.4) is 0 Å². The van der Waals surface area contributed by atoms with Gasteiger partial charge in [-0.1, -0.05) is 0 Å². The first-order chi connectivity index (χ1) is 34.4. The predicted molar refractivity (Wildman–Crippen MR) is 225 cm³/mol. The Balaban J connectivity index is 1.43. The standard InChI is InChI=1S/C40H70N2O31/c1-10(48)41-12(3-43)20(51)33(13(50)4-44)71-36-19(42-11(2)49)25(56)34(16(7-47)68-36)72-40-32(63)35(24(55)18(70-40)9-65-38-30(61)27(58)22(53)15(6-46)67-38)73-39-31(62)28(59)23(54)17(69-39)8-64-37-29(60)26(57)21(52)14(5-45)66-37/h12-40,43-47,50-63H,3-9H2,1-2H3,(H,41,48)(H,42,49)/t12-,13+,14+,15+,16+,17+,18+,19+,20+,21+,22+,23+,24+,25+,26-,27-,28-,29-,30-,31-,32-,33+,34+,35-,36-,37-,38-,39+,40-/m0/s1. The van der Waals surface area contributed by atoms with Crippen LogP contribution in [-0.4, -0.2) is 333 Å². The fourth-order valence-electron chi connectivity index (χ4n) is 8.71. The second-order valence-electron chi connectivity index (χ2n) is 18.1. The highest BCUT2D eigenvalue weighted by Gasteiger charge is 2.56. The summed E-state index contributed by atoms with van der Waals surface area (Å²) in [6.07, 6.45) is -52.7. The fraction of sp³-hybridized carbons (Fsp3) is 0.950. The highest BCUT2D eigenvalue weighted by Crippen LogP contribution is 2.35. The van der Waals surface area contributed by atoms with Crippen molar-refractivity contribution in [3.8, 4) is 0 Å². The van der Waals surface area contributed by atoms with E-state index in [0.717, 1.165) is 13.8 Å². The molecule has 0 aromatic heterocycles. The van der Waals surface area contributed by atoms with Crippen LogP contribution < -0.4 is 10.6 Å². The summed E-state index contributed by atoms with van der Waals surface area (Å²) in [5.41, 5.74) is 0. The van der Waals surface area contributed by atoms with Crippen molar-refractivity contribution in [2.45, 2.75) is 192 Å². The molecule has 29 atom stereocenters. The zero-order chi connectivity index (χ0) is 54.3. The number of aliphatic hydroxyl groups is 19. The Morgan fingerprint density at radius 1 is 0.466 bits per heavy atom. The van der Waals surface area contributed by atoms with Crippen LogP contribution in [0.25, 0.3) is 0 Å². The third-order valence-corrected chi connectivity index (χ3v) is 12.9. The maximum Gasteiger partial charge on any atom is 0.217 e. The van der Waals surface area contributed by atoms with Gasteiger partial charge < -0.3 is 155 Å². The van der Waals surface area contributed by atoms with Gasteiger partial charge in [0, 0.05) is 13.8 Å². The molecule has 0 saturated carbocycles. The van der Waals surface area contributed by atoms with Crippen molar-refractivity contribution in [3.63, 3.8) is 0 Å². The van der Waals surface area contributed by atoms with Gasteiger partial charge in [0.05, 0.1) is 52.3 Å². The third-order valence-electron chi connectivity index (χ3n) is 12.9. The summed E-state index contributed by atoms with van der Waals surface area (Å²) in [6.45, 7) is -4.58. The van der Waals surface area contributed by atoms with Gasteiger partial charge in [-0.05, 0) is 0 Å². The lowest BCUT2D eigenvalue weighted by Crippen LogP contribution is -2.69. The SMILES string of the molecule is CC(=O)N[C@H]1[C@H](O[C@@H]([C@H](O)[C@H](CO)NC(C)=O)[C@H](O)CO)O[C@H](CO)[C@@H](O[C@@H]2O[C@H](CO[C@H]3O[C@H](CO)[C@@H](O)[C@H](O)[C@@H]3O)[C@@H](O)[C@H](O[C@H]3O[C@H](CO[C@H]4O[C@H](CO)[C@@H](O)[C@H](O)[C@@H]4O)[C@@H](O)[C@H](O)[C@@H]3O)[C@@H]2O)[C@@H]1O. The molecule has 0 bridgehead atoms. The van der Waals surface area contributed by atoms with Gasteiger partial charge in [0.25, 0.3) is 0 Å². The van der Waals surface area contributed by atoms with Crippen LogP contribution in [0.5, 0.6) is 0 Å². The summed E-state index contributed by atoms with van der Waals surface area (Å²) < 4.78 is 56.6. The van der Waals surface area contributed by atoms with Gasteiger partial charge in [-0.25, -0.2) is 0 Å². The molecule has 0 unspecified atom stereocenters. The molecule has 5 aliphatic rings. The number of carbonyl (C=O) groups is 2. The molecule has 5 aliphatic heterocycles. The zero-order valence-corrected chi connectivity index (χ0v) is 39.1. The van der Waals surface area contributed by atoms with E-state index in [0.29, 0.717) is 0 Å². The van der Waals surface area contributed by atoms with Crippen LogP contribution in [0.1, 0.15) is 13.8 Å². The van der Waals surface area contributed by atoms with E-state index in [1.807, 2.05) is 0 Å². The van der Waals surface area contributed by atoms with Crippen molar-refractivity contribution in [3.05, 3.63) is 0 Å². The van der Waals surface area contributed by atoms with Crippen LogP contribution in [0, 0.1) is 0 Å². The smallest absolute Gasteiger partial charge is 0.217 e. The second kappa shape index (κ2) is 27.4. The Morgan fingerprint density at radius 3 is 1.34 bits per heavy atom. The van der Waals surface area contributed by atoms with Gasteiger partial charge in [0.2, 0.25) is 11.8 Å². The molecule has 0 aromatic rings. The molecular formula is C40H70N2O31. The molecule has 33 heteroatoms. The van der Waals surface area contributed by atoms with Crippen molar-refractivity contribution < 1.29 is 154 Å². The molecule has 21 N–H and O–H groups in total. The highest BCUT2D eigenvalue weighted by molar-refractivity contribution is 5.73. The monoisotopic (exact) mass is 1070 g/mol. The molecule has 5 heterocycles. The van der Waals surface area contributed by atoms with E-state index < -0.39 is 236 Å². The number of amides is 2. The number of hydrogen-bond donors (Lipinski definition) is 21. The van der Waals surface area contributed by atoms with Crippen LogP contribution in [0.2, 0.25) is 0 Å². The average molecular weight is 1070 g/mol. The summed E-state index contributed by atoms with van der Waals surface area (Å²) in [6, 6.07) is -3.35. The number of aliphatic hydroxyl groups excluding tert-OH is 19. The lowest BCUT2D eigenvalue weighted by Gasteiger charge is -2.49. The van der Waals surface area contributed by atoms with Gasteiger partial charge in [0.15, 0.2) is 31.5 Å². The van der Waals surface area contributed by atoms with E-state index >= 15 is 0 Å². The first-order valence-electron chi connectivity index (χ1n) is 23.0. The summed E-state index contributed by atoms with van der Waals surface area (Å²) in [7, 11) is 0. The van der Waals surface area contributed by atoms with Gasteiger partial charge in [-0.3, -0.25) is 9.59 Å². The number of ether oxygens (including phenoxy) is 10. The van der Waals surface area contributed by atoms with E-state index in [1.54, 1.807) is 0 Å². The number of rotatable bonds is 22. The van der Waals surface area contributed by atoms with E-state index in [9.17, 15) is 107 Å². The Hall–Kier alpha value is -2.22. The molecule has 0 radical (unpaired) electrons. The molecule has 0 spiro atoms. The molecule has 2 amide bonds. The summed E-state index contributed by atoms with van der Waals surface area (Å²) in [5, 5.41) is 206. The maximum absolute atomic E-state index is 12.5. The van der Waals surface area contributed by atoms with Crippen molar-refractivity contribution >= 4 is 11.8 Å². The average Bonchev–Trinajstić information content (AvgIpc) is 3.36. The van der Waals surface area contributed by atoms with E-state index in [-0.39, 0.29) is 0 Å². The first-order valence-corrected chi connectivity index (χ1v) is 23.0. The summed E-state index contributed by atoms with van der Waals surface area (Å²) in [4.78, 5) is 24.3. The van der Waals surface area contributed by atoms with Crippen LogP contribution in [0.4, 0.5) is 0 Å². The van der Waals surface area contributed by atoms with Crippen molar-refractivity contribution in [1.29, 1.82) is 0 Å². The molecular weight excluding hydrogens is 1000 g/mol. The lowest BCUT2D eigenvalue weighted by atomic mass is 9.94. The van der Waals surface area contributed by atoms with Gasteiger partial charge in [-0.2, -0.15) is 0 Å². The van der Waals surface area contributed by atoms with Crippen molar-refractivity contribution in [1.82, 2.24) is 10.6 Å². The maximum atomic E-state index is 12.5. The Kier molecular flexibility index (Phi) is 23.1. The fourth-order valence-corrected chi connectivity index (χ4v) is 8.71. The molecule has 5 saturated heterocycles. The molecule has 73 heavy (non-hydrogen) atoms. The van der Waals surface area contributed by atoms with Crippen LogP contribution in [0.15, 0.2) is 0 Å². The Bertz CT molecular complexity index is 1700. The minimum Gasteiger partial charge on any atom is -0.394 e. The molecule has 33 nitrogen and oxygen atoms in total.